The molecule has 2 rings (SSSR count). The van der Waals surface area contributed by atoms with Gasteiger partial charge >= 0.3 is 0 Å². The third-order valence-electron chi connectivity index (χ3n) is 2.30. The summed E-state index contributed by atoms with van der Waals surface area (Å²) < 4.78 is 7.49. The number of ether oxygens (including phenoxy) is 1. The SMILES string of the molecule is CC1(Cn2cc(Br)ncc2=O)COC1. The van der Waals surface area contributed by atoms with Crippen molar-refractivity contribution >= 4 is 15.9 Å². The molecule has 1 saturated heterocycles. The molecule has 5 heteroatoms. The molecule has 1 aliphatic rings. The molecular formula is C9H11BrN2O2. The molecule has 14 heavy (non-hydrogen) atoms. The van der Waals surface area contributed by atoms with Crippen LogP contribution in [0.1, 0.15) is 6.92 Å². The van der Waals surface area contributed by atoms with Crippen molar-refractivity contribution in [2.75, 3.05) is 13.2 Å². The maximum absolute atomic E-state index is 11.4. The summed E-state index contributed by atoms with van der Waals surface area (Å²) in [5.74, 6) is 0. The predicted octanol–water partition coefficient (Wildman–Crippen LogP) is 1.04. The Morgan fingerprint density at radius 2 is 2.43 bits per heavy atom. The Morgan fingerprint density at radius 3 is 3.00 bits per heavy atom. The quantitative estimate of drug-likeness (QED) is 0.797. The average Bonchev–Trinajstić information content (AvgIpc) is 2.09. The monoisotopic (exact) mass is 258 g/mol. The van der Waals surface area contributed by atoms with E-state index in [1.54, 1.807) is 10.8 Å². The third kappa shape index (κ3) is 1.88. The fourth-order valence-corrected chi connectivity index (χ4v) is 1.84. The van der Waals surface area contributed by atoms with Crippen LogP contribution in [0.25, 0.3) is 0 Å². The van der Waals surface area contributed by atoms with Gasteiger partial charge in [0, 0.05) is 18.2 Å². The summed E-state index contributed by atoms with van der Waals surface area (Å²) in [6, 6.07) is 0. The van der Waals surface area contributed by atoms with Gasteiger partial charge in [-0.1, -0.05) is 6.92 Å². The molecule has 0 saturated carbocycles. The summed E-state index contributed by atoms with van der Waals surface area (Å²) in [5.41, 5.74) is 0.0336. The van der Waals surface area contributed by atoms with E-state index in [1.807, 2.05) is 0 Å². The highest BCUT2D eigenvalue weighted by molar-refractivity contribution is 9.10. The molecule has 0 bridgehead atoms. The molecule has 0 spiro atoms. The Kier molecular flexibility index (Phi) is 2.45. The lowest BCUT2D eigenvalue weighted by Gasteiger charge is -2.38. The average molecular weight is 259 g/mol. The second kappa shape index (κ2) is 3.47. The van der Waals surface area contributed by atoms with Crippen molar-refractivity contribution in [3.05, 3.63) is 27.4 Å². The van der Waals surface area contributed by atoms with Gasteiger partial charge in [-0.25, -0.2) is 4.98 Å². The number of nitrogens with zero attached hydrogens (tertiary/aromatic N) is 2. The molecule has 4 nitrogen and oxygen atoms in total. The van der Waals surface area contributed by atoms with Gasteiger partial charge in [0.15, 0.2) is 0 Å². The first-order valence-corrected chi connectivity index (χ1v) is 5.18. The molecule has 0 aromatic carbocycles. The summed E-state index contributed by atoms with van der Waals surface area (Å²) in [6.45, 7) is 4.24. The minimum Gasteiger partial charge on any atom is -0.380 e. The molecule has 76 valence electrons. The molecular weight excluding hydrogens is 248 g/mol. The van der Waals surface area contributed by atoms with E-state index in [0.29, 0.717) is 11.1 Å². The van der Waals surface area contributed by atoms with Gasteiger partial charge in [-0.15, -0.1) is 0 Å². The first kappa shape index (κ1) is 9.86. The fraction of sp³-hybridized carbons (Fsp3) is 0.556. The van der Waals surface area contributed by atoms with Crippen LogP contribution in [0.5, 0.6) is 0 Å². The van der Waals surface area contributed by atoms with Crippen LogP contribution < -0.4 is 5.56 Å². The van der Waals surface area contributed by atoms with Crippen molar-refractivity contribution in [1.82, 2.24) is 9.55 Å². The Morgan fingerprint density at radius 1 is 1.71 bits per heavy atom. The molecule has 1 fully saturated rings. The fourth-order valence-electron chi connectivity index (χ4n) is 1.49. The van der Waals surface area contributed by atoms with E-state index in [-0.39, 0.29) is 11.0 Å². The van der Waals surface area contributed by atoms with Crippen LogP contribution in [0.3, 0.4) is 0 Å². The lowest BCUT2D eigenvalue weighted by atomic mass is 9.88. The van der Waals surface area contributed by atoms with Crippen molar-refractivity contribution in [2.45, 2.75) is 13.5 Å². The second-order valence-corrected chi connectivity index (χ2v) is 4.79. The first-order valence-electron chi connectivity index (χ1n) is 4.39. The zero-order chi connectivity index (χ0) is 10.2. The molecule has 0 amide bonds. The van der Waals surface area contributed by atoms with E-state index in [4.69, 9.17) is 4.74 Å². The number of hydrogen-bond donors (Lipinski definition) is 0. The molecule has 0 aliphatic carbocycles. The molecule has 1 aromatic rings. The van der Waals surface area contributed by atoms with E-state index in [2.05, 4.69) is 27.8 Å². The molecule has 0 N–H and O–H groups in total. The van der Waals surface area contributed by atoms with Crippen molar-refractivity contribution in [2.24, 2.45) is 5.41 Å². The number of hydrogen-bond acceptors (Lipinski definition) is 3. The first-order chi connectivity index (χ1) is 6.59. The van der Waals surface area contributed by atoms with Crippen molar-refractivity contribution in [1.29, 1.82) is 0 Å². The standard InChI is InChI=1S/C9H11BrN2O2/c1-9(5-14-6-9)4-12-3-7(10)11-2-8(12)13/h2-3H,4-6H2,1H3. The van der Waals surface area contributed by atoms with Crippen LogP contribution in [0, 0.1) is 5.41 Å². The maximum atomic E-state index is 11.4. The van der Waals surface area contributed by atoms with Crippen LogP contribution in [0.2, 0.25) is 0 Å². The van der Waals surface area contributed by atoms with Gasteiger partial charge in [0.2, 0.25) is 0 Å². The number of halogens is 1. The molecule has 1 aliphatic heterocycles. The molecule has 1 aromatic heterocycles. The van der Waals surface area contributed by atoms with Crippen molar-refractivity contribution in [3.63, 3.8) is 0 Å². The number of aromatic nitrogens is 2. The van der Waals surface area contributed by atoms with Crippen LogP contribution in [0.15, 0.2) is 21.8 Å². The third-order valence-corrected chi connectivity index (χ3v) is 2.71. The van der Waals surface area contributed by atoms with Crippen molar-refractivity contribution < 1.29 is 4.74 Å². The summed E-state index contributed by atoms with van der Waals surface area (Å²) >= 11 is 3.24. The highest BCUT2D eigenvalue weighted by Gasteiger charge is 2.33. The smallest absolute Gasteiger partial charge is 0.269 e. The molecule has 2 heterocycles. The Labute approximate surface area is 90.0 Å². The van der Waals surface area contributed by atoms with Crippen LogP contribution in [-0.2, 0) is 11.3 Å². The van der Waals surface area contributed by atoms with E-state index in [9.17, 15) is 4.79 Å². The summed E-state index contributed by atoms with van der Waals surface area (Å²) in [7, 11) is 0. The van der Waals surface area contributed by atoms with Gasteiger partial charge in [0.05, 0.1) is 19.4 Å². The highest BCUT2D eigenvalue weighted by atomic mass is 79.9. The van der Waals surface area contributed by atoms with E-state index in [0.717, 1.165) is 13.2 Å². The number of rotatable bonds is 2. The van der Waals surface area contributed by atoms with E-state index in [1.165, 1.54) is 6.20 Å². The Balaban J connectivity index is 2.23. The van der Waals surface area contributed by atoms with Gasteiger partial charge in [-0.3, -0.25) is 4.79 Å². The summed E-state index contributed by atoms with van der Waals surface area (Å²) in [5, 5.41) is 0. The van der Waals surface area contributed by atoms with Crippen LogP contribution in [-0.4, -0.2) is 22.8 Å². The lowest BCUT2D eigenvalue weighted by Crippen LogP contribution is -2.45. The molecule has 0 radical (unpaired) electrons. The van der Waals surface area contributed by atoms with Crippen molar-refractivity contribution in [3.8, 4) is 0 Å². The summed E-state index contributed by atoms with van der Waals surface area (Å²) in [6.07, 6.45) is 3.04. The van der Waals surface area contributed by atoms with E-state index < -0.39 is 0 Å². The minimum atomic E-state index is -0.0682. The van der Waals surface area contributed by atoms with Gasteiger partial charge in [0.25, 0.3) is 5.56 Å². The Bertz CT molecular complexity index is 398. The predicted molar refractivity (Wildman–Crippen MR) is 55.1 cm³/mol. The minimum absolute atomic E-state index is 0.0682. The van der Waals surface area contributed by atoms with Crippen LogP contribution >= 0.6 is 15.9 Å². The Hall–Kier alpha value is -0.680. The zero-order valence-corrected chi connectivity index (χ0v) is 9.45. The topological polar surface area (TPSA) is 44.1 Å². The lowest BCUT2D eigenvalue weighted by molar-refractivity contribution is -0.110. The largest absolute Gasteiger partial charge is 0.380 e. The molecule has 0 unspecified atom stereocenters. The van der Waals surface area contributed by atoms with Gasteiger partial charge < -0.3 is 9.30 Å². The van der Waals surface area contributed by atoms with Gasteiger partial charge in [-0.05, 0) is 15.9 Å². The summed E-state index contributed by atoms with van der Waals surface area (Å²) in [4.78, 5) is 15.3. The van der Waals surface area contributed by atoms with E-state index >= 15 is 0 Å². The van der Waals surface area contributed by atoms with Gasteiger partial charge in [0.1, 0.15) is 4.60 Å². The maximum Gasteiger partial charge on any atom is 0.269 e. The second-order valence-electron chi connectivity index (χ2n) is 3.98. The molecule has 0 atom stereocenters. The van der Waals surface area contributed by atoms with Gasteiger partial charge in [-0.2, -0.15) is 0 Å². The zero-order valence-electron chi connectivity index (χ0n) is 7.86. The highest BCUT2D eigenvalue weighted by Crippen LogP contribution is 2.27. The normalized spacial score (nSPS) is 19.0. The van der Waals surface area contributed by atoms with Crippen LogP contribution in [0.4, 0.5) is 0 Å².